The predicted octanol–water partition coefficient (Wildman–Crippen LogP) is 2.22. The first-order valence-corrected chi connectivity index (χ1v) is 7.93. The molecular weight excluding hydrogens is 473 g/mol. The van der Waals surface area contributed by atoms with Crippen molar-refractivity contribution in [2.75, 3.05) is 14.1 Å². The lowest BCUT2D eigenvalue weighted by atomic mass is 10.4. The summed E-state index contributed by atoms with van der Waals surface area (Å²) in [6, 6.07) is 2.11. The van der Waals surface area contributed by atoms with E-state index in [0.29, 0.717) is 6.54 Å². The zero-order valence-electron chi connectivity index (χ0n) is 13.8. The summed E-state index contributed by atoms with van der Waals surface area (Å²) in [5.41, 5.74) is 1.20. The minimum Gasteiger partial charge on any atom is -0.352 e. The van der Waals surface area contributed by atoms with Crippen molar-refractivity contribution < 1.29 is 0 Å². The van der Waals surface area contributed by atoms with Gasteiger partial charge in [-0.1, -0.05) is 0 Å². The first-order chi connectivity index (χ1) is 10.5. The summed E-state index contributed by atoms with van der Waals surface area (Å²) < 4.78 is 5.19. The molecule has 2 heterocycles. The highest BCUT2D eigenvalue weighted by atomic mass is 127. The number of aromatic nitrogens is 4. The molecule has 0 aliphatic carbocycles. The highest BCUT2D eigenvalue weighted by molar-refractivity contribution is 14.0. The second-order valence-electron chi connectivity index (χ2n) is 5.05. The highest BCUT2D eigenvalue weighted by Gasteiger charge is 2.11. The van der Waals surface area contributed by atoms with Crippen molar-refractivity contribution in [3.63, 3.8) is 0 Å². The molecule has 9 heteroatoms. The van der Waals surface area contributed by atoms with E-state index in [1.54, 1.807) is 13.4 Å². The predicted molar refractivity (Wildman–Crippen MR) is 106 cm³/mol. The molecule has 0 unspecified atom stereocenters. The van der Waals surface area contributed by atoms with Crippen molar-refractivity contribution in [3.8, 4) is 0 Å². The van der Waals surface area contributed by atoms with Crippen molar-refractivity contribution in [2.24, 2.45) is 12.0 Å². The topological polar surface area (TPSA) is 63.3 Å². The molecule has 0 saturated carbocycles. The van der Waals surface area contributed by atoms with Crippen molar-refractivity contribution in [2.45, 2.75) is 26.6 Å². The van der Waals surface area contributed by atoms with Gasteiger partial charge in [0.05, 0.1) is 13.1 Å². The molecule has 0 amide bonds. The van der Waals surface area contributed by atoms with Crippen LogP contribution in [0.3, 0.4) is 0 Å². The fraction of sp³-hybridized carbons (Fsp3) is 0.500. The van der Waals surface area contributed by atoms with Crippen molar-refractivity contribution in [1.82, 2.24) is 29.5 Å². The van der Waals surface area contributed by atoms with E-state index < -0.39 is 0 Å². The van der Waals surface area contributed by atoms with Crippen LogP contribution in [0, 0.1) is 0 Å². The normalized spacial score (nSPS) is 11.3. The van der Waals surface area contributed by atoms with Gasteiger partial charge >= 0.3 is 0 Å². The number of hydrogen-bond donors (Lipinski definition) is 1. The van der Waals surface area contributed by atoms with Crippen LogP contribution in [0.4, 0.5) is 0 Å². The lowest BCUT2D eigenvalue weighted by molar-refractivity contribution is 0.459. The van der Waals surface area contributed by atoms with E-state index >= 15 is 0 Å². The van der Waals surface area contributed by atoms with Gasteiger partial charge in [0.15, 0.2) is 11.8 Å². The molecule has 7 nitrogen and oxygen atoms in total. The van der Waals surface area contributed by atoms with E-state index in [4.69, 9.17) is 0 Å². The third kappa shape index (κ3) is 5.20. The van der Waals surface area contributed by atoms with Crippen LogP contribution in [-0.2, 0) is 26.7 Å². The third-order valence-corrected chi connectivity index (χ3v) is 3.92. The SMILES string of the molecule is CCn1cnnc1CNC(=NC)N(C)Cc1cc(Br)cn1C.I. The number of guanidine groups is 1. The Kier molecular flexibility index (Phi) is 8.03. The molecule has 0 aromatic carbocycles. The van der Waals surface area contributed by atoms with Crippen LogP contribution in [0.5, 0.6) is 0 Å². The lowest BCUT2D eigenvalue weighted by Gasteiger charge is -2.22. The second kappa shape index (κ2) is 9.26. The highest BCUT2D eigenvalue weighted by Crippen LogP contribution is 2.14. The number of hydrogen-bond acceptors (Lipinski definition) is 3. The molecule has 2 rings (SSSR count). The van der Waals surface area contributed by atoms with Gasteiger partial charge in [0.1, 0.15) is 6.33 Å². The fourth-order valence-corrected chi connectivity index (χ4v) is 2.84. The van der Waals surface area contributed by atoms with E-state index in [9.17, 15) is 0 Å². The monoisotopic (exact) mass is 495 g/mol. The first-order valence-electron chi connectivity index (χ1n) is 7.14. The lowest BCUT2D eigenvalue weighted by Crippen LogP contribution is -2.38. The zero-order valence-corrected chi connectivity index (χ0v) is 17.7. The van der Waals surface area contributed by atoms with Crippen LogP contribution < -0.4 is 5.32 Å². The Balaban J connectivity index is 0.00000264. The van der Waals surface area contributed by atoms with Crippen molar-refractivity contribution in [3.05, 3.63) is 34.6 Å². The van der Waals surface area contributed by atoms with E-state index in [0.717, 1.165) is 29.3 Å². The molecule has 0 aliphatic rings. The molecule has 0 aliphatic heterocycles. The zero-order chi connectivity index (χ0) is 16.1. The molecule has 0 spiro atoms. The molecule has 23 heavy (non-hydrogen) atoms. The molecule has 128 valence electrons. The maximum atomic E-state index is 4.33. The average Bonchev–Trinajstić information content (AvgIpc) is 3.06. The number of aliphatic imine (C=N–C) groups is 1. The van der Waals surface area contributed by atoms with Crippen molar-refractivity contribution >= 4 is 45.9 Å². The van der Waals surface area contributed by atoms with Crippen LogP contribution in [0.1, 0.15) is 18.4 Å². The van der Waals surface area contributed by atoms with E-state index in [-0.39, 0.29) is 24.0 Å². The summed E-state index contributed by atoms with van der Waals surface area (Å²) >= 11 is 3.50. The summed E-state index contributed by atoms with van der Waals surface area (Å²) in [4.78, 5) is 6.41. The van der Waals surface area contributed by atoms with Gasteiger partial charge in [0.2, 0.25) is 0 Å². The number of nitrogens with zero attached hydrogens (tertiary/aromatic N) is 6. The average molecular weight is 496 g/mol. The molecule has 0 fully saturated rings. The number of rotatable bonds is 5. The summed E-state index contributed by atoms with van der Waals surface area (Å²) in [6.45, 7) is 4.29. The van der Waals surface area contributed by atoms with Gasteiger partial charge in [-0.2, -0.15) is 0 Å². The minimum atomic E-state index is 0. The molecule has 2 aromatic rings. The number of halogens is 2. The molecule has 0 bridgehead atoms. The van der Waals surface area contributed by atoms with E-state index in [2.05, 4.69) is 58.9 Å². The van der Waals surface area contributed by atoms with Gasteiger partial charge in [-0.3, -0.25) is 4.99 Å². The minimum absolute atomic E-state index is 0. The quantitative estimate of drug-likeness (QED) is 0.392. The Labute approximate surface area is 162 Å². The van der Waals surface area contributed by atoms with Crippen molar-refractivity contribution in [1.29, 1.82) is 0 Å². The summed E-state index contributed by atoms with van der Waals surface area (Å²) in [5, 5.41) is 11.4. The third-order valence-electron chi connectivity index (χ3n) is 3.49. The Bertz CT molecular complexity index is 649. The molecule has 2 aromatic heterocycles. The molecule has 0 atom stereocenters. The molecule has 0 radical (unpaired) electrons. The standard InChI is InChI=1S/C14H22BrN7.HI/c1-5-22-10-18-19-13(22)7-17-14(16-2)21(4)9-12-6-11(15)8-20(12)3;/h6,8,10H,5,7,9H2,1-4H3,(H,16,17);1H. The van der Waals surface area contributed by atoms with Gasteiger partial charge in [-0.15, -0.1) is 34.2 Å². The first kappa shape index (κ1) is 19.9. The smallest absolute Gasteiger partial charge is 0.194 e. The van der Waals surface area contributed by atoms with Gasteiger partial charge in [-0.05, 0) is 28.9 Å². The van der Waals surface area contributed by atoms with Gasteiger partial charge in [0.25, 0.3) is 0 Å². The van der Waals surface area contributed by atoms with E-state index in [1.165, 1.54) is 5.69 Å². The largest absolute Gasteiger partial charge is 0.352 e. The maximum Gasteiger partial charge on any atom is 0.194 e. The van der Waals surface area contributed by atoms with Gasteiger partial charge in [-0.25, -0.2) is 0 Å². The summed E-state index contributed by atoms with van der Waals surface area (Å²) in [6.07, 6.45) is 3.79. The Morgan fingerprint density at radius 3 is 2.78 bits per heavy atom. The van der Waals surface area contributed by atoms with Gasteiger partial charge in [0, 0.05) is 44.1 Å². The maximum absolute atomic E-state index is 4.33. The fourth-order valence-electron chi connectivity index (χ4n) is 2.26. The molecular formula is C14H23BrIN7. The summed E-state index contributed by atoms with van der Waals surface area (Å²) in [7, 11) is 5.83. The van der Waals surface area contributed by atoms with Crippen LogP contribution in [0.25, 0.3) is 0 Å². The molecule has 0 saturated heterocycles. The van der Waals surface area contributed by atoms with Crippen LogP contribution in [0.2, 0.25) is 0 Å². The van der Waals surface area contributed by atoms with E-state index in [1.807, 2.05) is 24.9 Å². The summed E-state index contributed by atoms with van der Waals surface area (Å²) in [5.74, 6) is 1.72. The van der Waals surface area contributed by atoms with Gasteiger partial charge < -0.3 is 19.4 Å². The van der Waals surface area contributed by atoms with Crippen LogP contribution in [-0.4, -0.2) is 44.3 Å². The second-order valence-corrected chi connectivity index (χ2v) is 5.97. The molecule has 1 N–H and O–H groups in total. The van der Waals surface area contributed by atoms with Crippen LogP contribution in [0.15, 0.2) is 28.1 Å². The Morgan fingerprint density at radius 1 is 1.48 bits per heavy atom. The number of nitrogens with one attached hydrogen (secondary N) is 1. The number of aryl methyl sites for hydroxylation is 2. The Hall–Kier alpha value is -1.10. The Morgan fingerprint density at radius 2 is 2.22 bits per heavy atom. The van der Waals surface area contributed by atoms with Crippen LogP contribution >= 0.6 is 39.9 Å².